The van der Waals surface area contributed by atoms with E-state index in [2.05, 4.69) is 0 Å². The van der Waals surface area contributed by atoms with Gasteiger partial charge in [-0.05, 0) is 0 Å². The molecule has 0 bridgehead atoms. The first kappa shape index (κ1) is 12.6. The van der Waals surface area contributed by atoms with Crippen LogP contribution in [-0.2, 0) is 19.2 Å². The topological polar surface area (TPSA) is 71.5 Å². The van der Waals surface area contributed by atoms with Gasteiger partial charge in [0.2, 0.25) is 0 Å². The summed E-state index contributed by atoms with van der Waals surface area (Å²) in [6.07, 6.45) is 0.595. The second-order valence-electron chi connectivity index (χ2n) is 4.75. The van der Waals surface area contributed by atoms with Crippen LogP contribution in [0.1, 0.15) is 25.7 Å². The van der Waals surface area contributed by atoms with Gasteiger partial charge in [0.25, 0.3) is 0 Å². The Labute approximate surface area is 102 Å². The van der Waals surface area contributed by atoms with Gasteiger partial charge < -0.3 is 0 Å². The molecule has 17 heavy (non-hydrogen) atoms. The van der Waals surface area contributed by atoms with Crippen molar-refractivity contribution in [2.75, 3.05) is 20.1 Å². The van der Waals surface area contributed by atoms with Gasteiger partial charge in [-0.1, -0.05) is 0 Å². The molecule has 5 nitrogen and oxygen atoms in total. The van der Waals surface area contributed by atoms with E-state index in [0.717, 1.165) is 0 Å². The van der Waals surface area contributed by atoms with Crippen molar-refractivity contribution in [2.45, 2.75) is 25.7 Å². The average molecular weight is 298 g/mol. The van der Waals surface area contributed by atoms with E-state index in [0.29, 0.717) is 13.1 Å². The molecule has 0 unspecified atom stereocenters. The summed E-state index contributed by atoms with van der Waals surface area (Å²) >= 11 is -4.23. The van der Waals surface area contributed by atoms with Crippen LogP contribution in [-0.4, -0.2) is 56.8 Å². The van der Waals surface area contributed by atoms with Gasteiger partial charge in [0.15, 0.2) is 0 Å². The summed E-state index contributed by atoms with van der Waals surface area (Å²) in [7, 11) is 1.84. The summed E-state index contributed by atoms with van der Waals surface area (Å²) in [4.78, 5) is 50.1. The zero-order valence-electron chi connectivity index (χ0n) is 9.82. The number of rotatable bonds is 0. The van der Waals surface area contributed by atoms with E-state index in [1.807, 2.05) is 11.9 Å². The maximum atomic E-state index is 12.2. The van der Waals surface area contributed by atoms with E-state index in [9.17, 15) is 19.2 Å². The van der Waals surface area contributed by atoms with Crippen molar-refractivity contribution in [1.29, 1.82) is 0 Å². The predicted octanol–water partition coefficient (Wildman–Crippen LogP) is -0.612. The van der Waals surface area contributed by atoms with E-state index in [4.69, 9.17) is 0 Å². The molecule has 0 aromatic carbocycles. The third kappa shape index (κ3) is 1.81. The zero-order valence-corrected chi connectivity index (χ0v) is 11.9. The fraction of sp³-hybridized carbons (Fsp3) is 0.636. The molecule has 2 aliphatic rings. The van der Waals surface area contributed by atoms with E-state index in [1.165, 1.54) is 0 Å². The minimum absolute atomic E-state index is 0.117. The quantitative estimate of drug-likeness (QED) is 0.558. The van der Waals surface area contributed by atoms with Gasteiger partial charge in [-0.25, -0.2) is 0 Å². The Bertz CT molecular complexity index is 380. The number of carbonyl (C=O) groups excluding carboxylic acids is 4. The number of hydrogen-bond acceptors (Lipinski definition) is 5. The van der Waals surface area contributed by atoms with Crippen molar-refractivity contribution in [3.63, 3.8) is 0 Å². The van der Waals surface area contributed by atoms with E-state index < -0.39 is 13.3 Å². The minimum atomic E-state index is -4.23. The normalized spacial score (nSPS) is 26.4. The Balaban J connectivity index is 2.42. The van der Waals surface area contributed by atoms with Crippen molar-refractivity contribution < 1.29 is 19.2 Å². The van der Waals surface area contributed by atoms with Gasteiger partial charge in [-0.3, -0.25) is 0 Å². The van der Waals surface area contributed by atoms with E-state index in [1.54, 1.807) is 0 Å². The summed E-state index contributed by atoms with van der Waals surface area (Å²) in [5, 5.41) is 0. The molecule has 0 N–H and O–H groups in total. The van der Waals surface area contributed by atoms with Crippen LogP contribution in [0.25, 0.3) is 0 Å². The van der Waals surface area contributed by atoms with Gasteiger partial charge in [-0.2, -0.15) is 0 Å². The fourth-order valence-electron chi connectivity index (χ4n) is 2.61. The van der Waals surface area contributed by atoms with Crippen LogP contribution in [0, 0.1) is 0 Å². The molecule has 6 heteroatoms. The Morgan fingerprint density at radius 1 is 0.765 bits per heavy atom. The third-order valence-electron chi connectivity index (χ3n) is 3.69. The second-order valence-corrected chi connectivity index (χ2v) is 12.6. The summed E-state index contributed by atoms with van der Waals surface area (Å²) in [6.45, 7) is 1.08. The first-order valence-electron chi connectivity index (χ1n) is 5.81. The molecule has 0 aliphatic carbocycles. The number of hydrogen-bond donors (Lipinski definition) is 0. The molecule has 0 radical (unpaired) electrons. The van der Waals surface area contributed by atoms with Crippen LogP contribution >= 0.6 is 0 Å². The van der Waals surface area contributed by atoms with E-state index >= 15 is 0 Å². The molecule has 2 heterocycles. The SMILES string of the molecule is CN1CC[C](=O)[Ge]2([C](=O)CC[C]2=O)[C](=O)CC1. The first-order chi connectivity index (χ1) is 7.99. The van der Waals surface area contributed by atoms with Crippen molar-refractivity contribution in [1.82, 2.24) is 4.90 Å². The molecule has 92 valence electrons. The summed E-state index contributed by atoms with van der Waals surface area (Å²) in [6, 6.07) is 0. The van der Waals surface area contributed by atoms with Crippen molar-refractivity contribution in [2.24, 2.45) is 0 Å². The molecule has 1 spiro atoms. The molecule has 0 saturated carbocycles. The van der Waals surface area contributed by atoms with Crippen LogP contribution in [0.3, 0.4) is 0 Å². The third-order valence-corrected chi connectivity index (χ3v) is 12.8. The Hall–Kier alpha value is -0.817. The van der Waals surface area contributed by atoms with Crippen molar-refractivity contribution in [3.8, 4) is 0 Å². The molecule has 0 aromatic heterocycles. The van der Waals surface area contributed by atoms with Crippen LogP contribution in [0.15, 0.2) is 0 Å². The molecule has 2 rings (SSSR count). The van der Waals surface area contributed by atoms with Gasteiger partial charge in [0, 0.05) is 0 Å². The summed E-state index contributed by atoms with van der Waals surface area (Å²) in [5.41, 5.74) is 0. The zero-order chi connectivity index (χ0) is 12.6. The molecule has 0 aromatic rings. The van der Waals surface area contributed by atoms with Crippen LogP contribution < -0.4 is 0 Å². The molecule has 2 saturated heterocycles. The van der Waals surface area contributed by atoms with Crippen molar-refractivity contribution in [3.05, 3.63) is 0 Å². The molecule has 0 amide bonds. The van der Waals surface area contributed by atoms with Crippen LogP contribution in [0.4, 0.5) is 0 Å². The van der Waals surface area contributed by atoms with Crippen LogP contribution in [0.2, 0.25) is 0 Å². The summed E-state index contributed by atoms with van der Waals surface area (Å²) in [5.74, 6) is 0. The number of nitrogens with zero attached hydrogens (tertiary/aromatic N) is 1. The van der Waals surface area contributed by atoms with Gasteiger partial charge >= 0.3 is 102 Å². The Morgan fingerprint density at radius 3 is 1.53 bits per heavy atom. The fourth-order valence-corrected chi connectivity index (χ4v) is 10.7. The monoisotopic (exact) mass is 299 g/mol. The van der Waals surface area contributed by atoms with E-state index in [-0.39, 0.29) is 44.1 Å². The van der Waals surface area contributed by atoms with Crippen LogP contribution in [0.5, 0.6) is 0 Å². The predicted molar refractivity (Wildman–Crippen MR) is 61.7 cm³/mol. The Morgan fingerprint density at radius 2 is 1.12 bits per heavy atom. The van der Waals surface area contributed by atoms with Gasteiger partial charge in [0.1, 0.15) is 0 Å². The molecule has 0 atom stereocenters. The standard InChI is InChI=1S/C11H15GeNO4/c1-13-6-4-10(16)12(11(17)5-7-13)8(14)2-3-9(12)15/h2-7H2,1H3. The maximum absolute atomic E-state index is 12.2. The molecular weight excluding hydrogens is 283 g/mol. The average Bonchev–Trinajstić information content (AvgIpc) is 2.59. The van der Waals surface area contributed by atoms with Gasteiger partial charge in [0.05, 0.1) is 0 Å². The first-order valence-corrected chi connectivity index (χ1v) is 10.0. The molecule has 2 fully saturated rings. The number of carbonyl (C=O) groups is 4. The summed E-state index contributed by atoms with van der Waals surface area (Å²) < 4.78 is -1.22. The molecule has 2 aliphatic heterocycles. The molecular formula is C11H15GeNO4. The second kappa shape index (κ2) is 4.45. The Kier molecular flexibility index (Phi) is 3.31. The van der Waals surface area contributed by atoms with Gasteiger partial charge in [-0.15, -0.1) is 0 Å². The van der Waals surface area contributed by atoms with Crippen molar-refractivity contribution >= 4 is 31.7 Å².